The van der Waals surface area contributed by atoms with Crippen LogP contribution in [0.2, 0.25) is 0 Å². The van der Waals surface area contributed by atoms with E-state index >= 15 is 0 Å². The lowest BCUT2D eigenvalue weighted by Crippen LogP contribution is -2.29. The number of nitrogens with zero attached hydrogens (tertiary/aromatic N) is 3. The minimum Gasteiger partial charge on any atom is -0.490 e. The van der Waals surface area contributed by atoms with Crippen LogP contribution in [-0.2, 0) is 16.3 Å². The van der Waals surface area contributed by atoms with Crippen LogP contribution in [0, 0.1) is 11.3 Å². The molecule has 1 heterocycles. The molecule has 0 saturated carbocycles. The van der Waals surface area contributed by atoms with E-state index in [1.165, 1.54) is 6.26 Å². The van der Waals surface area contributed by atoms with Gasteiger partial charge in [0.25, 0.3) is 5.89 Å². The standard InChI is InChI=1S/C25H28N4O4S/c1-16(2)32-23-11-10-17(14-18(23)15-26)25-28-24(29-33-25)21-8-4-7-20-19(21)6-5-9-22(20)27-12-13-34(3,30)31/h4,7-8,10-11,14,16,22,27H,5-6,9,12-13H2,1-3H3/t22-/m1/s1. The summed E-state index contributed by atoms with van der Waals surface area (Å²) in [4.78, 5) is 4.62. The van der Waals surface area contributed by atoms with Crippen molar-refractivity contribution in [3.63, 3.8) is 0 Å². The summed E-state index contributed by atoms with van der Waals surface area (Å²) < 4.78 is 34.2. The first-order chi connectivity index (χ1) is 16.2. The van der Waals surface area contributed by atoms with Crippen LogP contribution in [0.5, 0.6) is 5.75 Å². The molecular formula is C25H28N4O4S. The molecule has 0 amide bonds. The second-order valence-corrected chi connectivity index (χ2v) is 11.1. The van der Waals surface area contributed by atoms with Gasteiger partial charge in [-0.15, -0.1) is 0 Å². The third-order valence-corrected chi connectivity index (χ3v) is 6.69. The number of ether oxygens (including phenoxy) is 1. The highest BCUT2D eigenvalue weighted by Crippen LogP contribution is 2.36. The first kappa shape index (κ1) is 23.9. The van der Waals surface area contributed by atoms with Crippen molar-refractivity contribution in [1.82, 2.24) is 15.5 Å². The molecule has 0 unspecified atom stereocenters. The van der Waals surface area contributed by atoms with Gasteiger partial charge in [-0.05, 0) is 62.4 Å². The molecule has 1 atom stereocenters. The molecule has 34 heavy (non-hydrogen) atoms. The van der Waals surface area contributed by atoms with Crippen molar-refractivity contribution in [2.24, 2.45) is 0 Å². The third-order valence-electron chi connectivity index (χ3n) is 5.75. The summed E-state index contributed by atoms with van der Waals surface area (Å²) in [5.41, 5.74) is 4.26. The highest BCUT2D eigenvalue weighted by molar-refractivity contribution is 7.90. The maximum absolute atomic E-state index is 11.5. The molecule has 8 nitrogen and oxygen atoms in total. The van der Waals surface area contributed by atoms with E-state index in [-0.39, 0.29) is 17.9 Å². The van der Waals surface area contributed by atoms with Crippen LogP contribution in [0.25, 0.3) is 22.8 Å². The minimum absolute atomic E-state index is 0.0399. The van der Waals surface area contributed by atoms with E-state index in [9.17, 15) is 13.7 Å². The van der Waals surface area contributed by atoms with Gasteiger partial charge in [-0.25, -0.2) is 8.42 Å². The largest absolute Gasteiger partial charge is 0.490 e. The van der Waals surface area contributed by atoms with Gasteiger partial charge < -0.3 is 14.6 Å². The van der Waals surface area contributed by atoms with Gasteiger partial charge >= 0.3 is 0 Å². The number of benzene rings is 2. The Hall–Kier alpha value is -3.22. The van der Waals surface area contributed by atoms with Crippen LogP contribution in [0.4, 0.5) is 0 Å². The fourth-order valence-corrected chi connectivity index (χ4v) is 4.73. The van der Waals surface area contributed by atoms with E-state index in [2.05, 4.69) is 27.6 Å². The van der Waals surface area contributed by atoms with E-state index in [1.807, 2.05) is 26.0 Å². The van der Waals surface area contributed by atoms with E-state index < -0.39 is 9.84 Å². The Balaban J connectivity index is 1.60. The van der Waals surface area contributed by atoms with Gasteiger partial charge in [0.15, 0.2) is 0 Å². The Morgan fingerprint density at radius 1 is 1.29 bits per heavy atom. The summed E-state index contributed by atoms with van der Waals surface area (Å²) in [6.45, 7) is 4.23. The van der Waals surface area contributed by atoms with Crippen molar-refractivity contribution in [2.45, 2.75) is 45.3 Å². The highest BCUT2D eigenvalue weighted by Gasteiger charge is 2.24. The zero-order valence-electron chi connectivity index (χ0n) is 19.5. The quantitative estimate of drug-likeness (QED) is 0.512. The minimum atomic E-state index is -3.01. The topological polar surface area (TPSA) is 118 Å². The number of nitrogens with one attached hydrogen (secondary N) is 1. The number of fused-ring (bicyclic) bond motifs is 1. The lowest BCUT2D eigenvalue weighted by atomic mass is 9.84. The zero-order chi connectivity index (χ0) is 24.3. The fourth-order valence-electron chi connectivity index (χ4n) is 4.25. The molecule has 2 aromatic carbocycles. The van der Waals surface area contributed by atoms with Crippen molar-refractivity contribution >= 4 is 9.84 Å². The van der Waals surface area contributed by atoms with Gasteiger partial charge in [-0.2, -0.15) is 10.2 Å². The summed E-state index contributed by atoms with van der Waals surface area (Å²) in [6.07, 6.45) is 4.02. The molecule has 0 fully saturated rings. The molecule has 4 rings (SSSR count). The average Bonchev–Trinajstić information content (AvgIpc) is 3.28. The molecule has 3 aromatic rings. The smallest absolute Gasteiger partial charge is 0.258 e. The van der Waals surface area contributed by atoms with Crippen LogP contribution in [0.3, 0.4) is 0 Å². The summed E-state index contributed by atoms with van der Waals surface area (Å²) in [5.74, 6) is 1.45. The summed E-state index contributed by atoms with van der Waals surface area (Å²) in [5, 5.41) is 17.1. The Kier molecular flexibility index (Phi) is 7.00. The predicted molar refractivity (Wildman–Crippen MR) is 129 cm³/mol. The molecule has 0 bridgehead atoms. The molecule has 1 aliphatic rings. The Bertz CT molecular complexity index is 1320. The van der Waals surface area contributed by atoms with Crippen molar-refractivity contribution in [2.75, 3.05) is 18.6 Å². The SMILES string of the molecule is CC(C)Oc1ccc(-c2nc(-c3cccc4c3CCC[C@H]4NCCS(C)(=O)=O)no2)cc1C#N. The van der Waals surface area contributed by atoms with Crippen LogP contribution in [0.1, 0.15) is 49.4 Å². The monoisotopic (exact) mass is 480 g/mol. The van der Waals surface area contributed by atoms with Crippen LogP contribution in [0.15, 0.2) is 40.9 Å². The first-order valence-corrected chi connectivity index (χ1v) is 13.4. The first-order valence-electron chi connectivity index (χ1n) is 11.3. The molecule has 1 aromatic heterocycles. The summed E-state index contributed by atoms with van der Waals surface area (Å²) >= 11 is 0. The Morgan fingerprint density at radius 2 is 2.12 bits per heavy atom. The molecule has 178 valence electrons. The van der Waals surface area contributed by atoms with Crippen molar-refractivity contribution in [1.29, 1.82) is 5.26 Å². The van der Waals surface area contributed by atoms with Gasteiger partial charge in [0.05, 0.1) is 17.4 Å². The van der Waals surface area contributed by atoms with Gasteiger partial charge in [0.2, 0.25) is 5.82 Å². The zero-order valence-corrected chi connectivity index (χ0v) is 20.4. The molecule has 0 radical (unpaired) electrons. The van der Waals surface area contributed by atoms with E-state index in [4.69, 9.17) is 9.26 Å². The maximum atomic E-state index is 11.5. The van der Waals surface area contributed by atoms with Crippen molar-refractivity contribution < 1.29 is 17.7 Å². The molecule has 0 saturated heterocycles. The van der Waals surface area contributed by atoms with Gasteiger partial charge in [0.1, 0.15) is 21.7 Å². The molecule has 1 N–H and O–H groups in total. The van der Waals surface area contributed by atoms with Crippen LogP contribution in [-0.4, -0.2) is 43.2 Å². The Morgan fingerprint density at radius 3 is 2.85 bits per heavy atom. The predicted octanol–water partition coefficient (Wildman–Crippen LogP) is 4.07. The van der Waals surface area contributed by atoms with Crippen LogP contribution < -0.4 is 10.1 Å². The lowest BCUT2D eigenvalue weighted by Gasteiger charge is -2.27. The van der Waals surface area contributed by atoms with E-state index in [0.29, 0.717) is 35.1 Å². The normalized spacial score (nSPS) is 15.7. The van der Waals surface area contributed by atoms with Gasteiger partial charge in [-0.1, -0.05) is 23.4 Å². The maximum Gasteiger partial charge on any atom is 0.258 e. The van der Waals surface area contributed by atoms with Gasteiger partial charge in [0, 0.05) is 30.0 Å². The molecule has 0 spiro atoms. The number of sulfone groups is 1. The number of hydrogen-bond acceptors (Lipinski definition) is 8. The Labute approximate surface area is 199 Å². The number of aromatic nitrogens is 2. The third kappa shape index (κ3) is 5.46. The second kappa shape index (κ2) is 9.95. The number of nitriles is 1. The van der Waals surface area contributed by atoms with Crippen LogP contribution >= 0.6 is 0 Å². The summed E-state index contributed by atoms with van der Waals surface area (Å²) in [7, 11) is -3.01. The van der Waals surface area contributed by atoms with Crippen molar-refractivity contribution in [3.05, 3.63) is 53.1 Å². The summed E-state index contributed by atoms with van der Waals surface area (Å²) in [6, 6.07) is 13.5. The van der Waals surface area contributed by atoms with Crippen molar-refractivity contribution in [3.8, 4) is 34.7 Å². The van der Waals surface area contributed by atoms with Gasteiger partial charge in [-0.3, -0.25) is 0 Å². The fraction of sp³-hybridized carbons (Fsp3) is 0.400. The molecule has 0 aliphatic heterocycles. The van der Waals surface area contributed by atoms with E-state index in [1.54, 1.807) is 18.2 Å². The van der Waals surface area contributed by atoms with E-state index in [0.717, 1.165) is 36.0 Å². The molecule has 1 aliphatic carbocycles. The second-order valence-electron chi connectivity index (χ2n) is 8.81. The molecule has 9 heteroatoms. The number of rotatable bonds is 8. The lowest BCUT2D eigenvalue weighted by molar-refractivity contribution is 0.241. The average molecular weight is 481 g/mol. The molecular weight excluding hydrogens is 452 g/mol. The highest BCUT2D eigenvalue weighted by atomic mass is 32.2. The number of hydrogen-bond donors (Lipinski definition) is 1.